The summed E-state index contributed by atoms with van der Waals surface area (Å²) in [4.78, 5) is 16.8. The van der Waals surface area contributed by atoms with Gasteiger partial charge in [0.2, 0.25) is 5.89 Å². The van der Waals surface area contributed by atoms with Crippen LogP contribution in [0.1, 0.15) is 48.4 Å². The second-order valence-electron chi connectivity index (χ2n) is 5.76. The Morgan fingerprint density at radius 1 is 1.41 bits per heavy atom. The number of benzene rings is 1. The average Bonchev–Trinajstić information content (AvgIpc) is 3.26. The number of nitrogens with one attached hydrogen (secondary N) is 1. The van der Waals surface area contributed by atoms with Gasteiger partial charge < -0.3 is 14.8 Å². The number of aliphatic hydroxyl groups is 1. The summed E-state index contributed by atoms with van der Waals surface area (Å²) in [5.41, 5.74) is 1.25. The highest BCUT2D eigenvalue weighted by molar-refractivity contribution is 5.94. The fraction of sp³-hybridized carbons (Fsp3) is 0.412. The topological polar surface area (TPSA) is 75.4 Å². The molecule has 1 saturated carbocycles. The molecule has 1 unspecified atom stereocenters. The van der Waals surface area contributed by atoms with Gasteiger partial charge in [0.15, 0.2) is 5.69 Å². The summed E-state index contributed by atoms with van der Waals surface area (Å²) in [6, 6.07) is 9.50. The molecule has 1 atom stereocenters. The van der Waals surface area contributed by atoms with Crippen LogP contribution < -0.4 is 5.32 Å². The maximum absolute atomic E-state index is 12.4. The minimum atomic E-state index is -0.228. The van der Waals surface area contributed by atoms with Gasteiger partial charge in [-0.1, -0.05) is 18.2 Å². The summed E-state index contributed by atoms with van der Waals surface area (Å²) >= 11 is 0. The van der Waals surface area contributed by atoms with Gasteiger partial charge in [-0.15, -0.1) is 0 Å². The van der Waals surface area contributed by atoms with E-state index in [9.17, 15) is 4.79 Å². The SMILES string of the molecule is CC(CCO)NC(=O)c1nc(-c2ccccc2)oc1C1CC1. The number of aliphatic hydroxyl groups excluding tert-OH is 1. The zero-order chi connectivity index (χ0) is 15.5. The number of hydrogen-bond acceptors (Lipinski definition) is 4. The third kappa shape index (κ3) is 3.20. The Morgan fingerprint density at radius 3 is 2.77 bits per heavy atom. The van der Waals surface area contributed by atoms with Gasteiger partial charge in [-0.05, 0) is 38.3 Å². The number of nitrogens with zero attached hydrogens (tertiary/aromatic N) is 1. The molecule has 5 heteroatoms. The highest BCUT2D eigenvalue weighted by atomic mass is 16.4. The molecule has 1 aliphatic rings. The van der Waals surface area contributed by atoms with Crippen molar-refractivity contribution in [3.63, 3.8) is 0 Å². The first-order valence-electron chi connectivity index (χ1n) is 7.67. The largest absolute Gasteiger partial charge is 0.440 e. The third-order valence-electron chi connectivity index (χ3n) is 3.78. The minimum Gasteiger partial charge on any atom is -0.440 e. The molecule has 0 bridgehead atoms. The number of hydrogen-bond donors (Lipinski definition) is 2. The van der Waals surface area contributed by atoms with Crippen molar-refractivity contribution < 1.29 is 14.3 Å². The number of carbonyl (C=O) groups excluding carboxylic acids is 1. The Labute approximate surface area is 129 Å². The minimum absolute atomic E-state index is 0.0466. The van der Waals surface area contributed by atoms with Gasteiger partial charge in [-0.3, -0.25) is 4.79 Å². The lowest BCUT2D eigenvalue weighted by Crippen LogP contribution is -2.33. The summed E-state index contributed by atoms with van der Waals surface area (Å²) in [6.45, 7) is 1.91. The maximum Gasteiger partial charge on any atom is 0.273 e. The van der Waals surface area contributed by atoms with E-state index in [-0.39, 0.29) is 18.6 Å². The van der Waals surface area contributed by atoms with Crippen LogP contribution in [0.25, 0.3) is 11.5 Å². The first-order valence-corrected chi connectivity index (χ1v) is 7.67. The second kappa shape index (κ2) is 6.32. The average molecular weight is 300 g/mol. The molecule has 1 aliphatic carbocycles. The molecule has 2 N–H and O–H groups in total. The van der Waals surface area contributed by atoms with Crippen molar-refractivity contribution in [1.82, 2.24) is 10.3 Å². The van der Waals surface area contributed by atoms with Crippen LogP contribution >= 0.6 is 0 Å². The molecule has 1 amide bonds. The molecule has 3 rings (SSSR count). The van der Waals surface area contributed by atoms with E-state index in [2.05, 4.69) is 10.3 Å². The van der Waals surface area contributed by atoms with Crippen LogP contribution in [0.5, 0.6) is 0 Å². The van der Waals surface area contributed by atoms with Gasteiger partial charge >= 0.3 is 0 Å². The molecular weight excluding hydrogens is 280 g/mol. The maximum atomic E-state index is 12.4. The molecule has 0 spiro atoms. The lowest BCUT2D eigenvalue weighted by Gasteiger charge is -2.11. The van der Waals surface area contributed by atoms with Crippen molar-refractivity contribution in [2.45, 2.75) is 38.1 Å². The fourth-order valence-corrected chi connectivity index (χ4v) is 2.38. The Hall–Kier alpha value is -2.14. The Morgan fingerprint density at radius 2 is 2.14 bits per heavy atom. The van der Waals surface area contributed by atoms with E-state index in [0.29, 0.717) is 29.7 Å². The molecule has 0 saturated heterocycles. The number of amides is 1. The Bertz CT molecular complexity index is 647. The highest BCUT2D eigenvalue weighted by Gasteiger charge is 2.34. The van der Waals surface area contributed by atoms with E-state index in [1.54, 1.807) is 0 Å². The van der Waals surface area contributed by atoms with E-state index in [1.165, 1.54) is 0 Å². The van der Waals surface area contributed by atoms with Gasteiger partial charge in [0.1, 0.15) is 5.76 Å². The zero-order valence-corrected chi connectivity index (χ0v) is 12.6. The molecule has 1 fully saturated rings. The van der Waals surface area contributed by atoms with Crippen molar-refractivity contribution in [2.24, 2.45) is 0 Å². The molecule has 0 radical (unpaired) electrons. The van der Waals surface area contributed by atoms with E-state index in [1.807, 2.05) is 37.3 Å². The first-order chi connectivity index (χ1) is 10.7. The summed E-state index contributed by atoms with van der Waals surface area (Å²) in [5.74, 6) is 1.25. The van der Waals surface area contributed by atoms with Crippen molar-refractivity contribution in [2.75, 3.05) is 6.61 Å². The Kier molecular flexibility index (Phi) is 4.24. The fourth-order valence-electron chi connectivity index (χ4n) is 2.38. The van der Waals surface area contributed by atoms with Crippen molar-refractivity contribution in [1.29, 1.82) is 0 Å². The van der Waals surface area contributed by atoms with E-state index in [4.69, 9.17) is 9.52 Å². The van der Waals surface area contributed by atoms with Crippen LogP contribution in [0, 0.1) is 0 Å². The van der Waals surface area contributed by atoms with Crippen LogP contribution in [0.15, 0.2) is 34.7 Å². The van der Waals surface area contributed by atoms with Gasteiger partial charge in [0.25, 0.3) is 5.91 Å². The number of oxazole rings is 1. The second-order valence-corrected chi connectivity index (χ2v) is 5.76. The molecule has 116 valence electrons. The van der Waals surface area contributed by atoms with Crippen LogP contribution in [0.3, 0.4) is 0 Å². The van der Waals surface area contributed by atoms with Crippen LogP contribution in [-0.4, -0.2) is 28.6 Å². The molecule has 1 aromatic heterocycles. The molecule has 5 nitrogen and oxygen atoms in total. The normalized spacial score (nSPS) is 15.5. The lowest BCUT2D eigenvalue weighted by molar-refractivity contribution is 0.0928. The summed E-state index contributed by atoms with van der Waals surface area (Å²) < 4.78 is 5.87. The quantitative estimate of drug-likeness (QED) is 0.860. The van der Waals surface area contributed by atoms with Crippen molar-refractivity contribution in [3.8, 4) is 11.5 Å². The van der Waals surface area contributed by atoms with Gasteiger partial charge in [-0.25, -0.2) is 4.98 Å². The summed E-state index contributed by atoms with van der Waals surface area (Å²) in [6.07, 6.45) is 2.60. The predicted molar refractivity (Wildman–Crippen MR) is 82.5 cm³/mol. The van der Waals surface area contributed by atoms with Gasteiger partial charge in [-0.2, -0.15) is 0 Å². The predicted octanol–water partition coefficient (Wildman–Crippen LogP) is 2.72. The first kappa shape index (κ1) is 14.8. The number of carbonyl (C=O) groups is 1. The van der Waals surface area contributed by atoms with Crippen LogP contribution in [0.2, 0.25) is 0 Å². The van der Waals surface area contributed by atoms with Crippen molar-refractivity contribution in [3.05, 3.63) is 41.8 Å². The van der Waals surface area contributed by atoms with E-state index < -0.39 is 0 Å². The molecule has 0 aliphatic heterocycles. The highest BCUT2D eigenvalue weighted by Crippen LogP contribution is 2.43. The van der Waals surface area contributed by atoms with Gasteiger partial charge in [0.05, 0.1) is 0 Å². The molecule has 2 aromatic rings. The molecule has 1 heterocycles. The van der Waals surface area contributed by atoms with Crippen molar-refractivity contribution >= 4 is 5.91 Å². The number of aromatic nitrogens is 1. The Balaban J connectivity index is 1.86. The van der Waals surface area contributed by atoms with Gasteiger partial charge in [0, 0.05) is 24.1 Å². The summed E-state index contributed by atoms with van der Waals surface area (Å²) in [5, 5.41) is 11.8. The van der Waals surface area contributed by atoms with Crippen LogP contribution in [0.4, 0.5) is 0 Å². The summed E-state index contributed by atoms with van der Waals surface area (Å²) in [7, 11) is 0. The van der Waals surface area contributed by atoms with Crippen LogP contribution in [-0.2, 0) is 0 Å². The molecular formula is C17H20N2O3. The molecule has 22 heavy (non-hydrogen) atoms. The molecule has 1 aromatic carbocycles. The monoisotopic (exact) mass is 300 g/mol. The lowest BCUT2D eigenvalue weighted by atomic mass is 10.2. The van der Waals surface area contributed by atoms with E-state index in [0.717, 1.165) is 18.4 Å². The third-order valence-corrected chi connectivity index (χ3v) is 3.78. The smallest absolute Gasteiger partial charge is 0.273 e. The standard InChI is InChI=1S/C17H20N2O3/c1-11(9-10-20)18-16(21)14-15(12-7-8-12)22-17(19-14)13-5-3-2-4-6-13/h2-6,11-12,20H,7-10H2,1H3,(H,18,21). The zero-order valence-electron chi connectivity index (χ0n) is 12.6. The van der Waals surface area contributed by atoms with E-state index >= 15 is 0 Å². The number of rotatable bonds is 6.